The molecule has 0 amide bonds. The molecule has 0 aliphatic heterocycles. The minimum Gasteiger partial charge on any atom is -0.489 e. The molecule has 2 nitrogen and oxygen atoms in total. The number of hydrogen-bond acceptors (Lipinski definition) is 2. The van der Waals surface area contributed by atoms with Gasteiger partial charge in [-0.2, -0.15) is 0 Å². The Morgan fingerprint density at radius 3 is 2.36 bits per heavy atom. The molecule has 2 aromatic carbocycles. The maximum Gasteiger partial charge on any atom is 0.124 e. The van der Waals surface area contributed by atoms with Crippen molar-refractivity contribution in [2.75, 3.05) is 0 Å². The molecule has 1 atom stereocenters. The van der Waals surface area contributed by atoms with Gasteiger partial charge in [-0.1, -0.05) is 74.7 Å². The maximum atomic E-state index is 6.33. The van der Waals surface area contributed by atoms with E-state index in [0.717, 1.165) is 17.7 Å². The molecule has 120 valence electrons. The minimum atomic E-state index is 0. The molecule has 2 N–H and O–H groups in total. The third kappa shape index (κ3) is 5.70. The fourth-order valence-electron chi connectivity index (χ4n) is 2.42. The predicted octanol–water partition coefficient (Wildman–Crippen LogP) is 5.27. The van der Waals surface area contributed by atoms with Crippen LogP contribution in [-0.4, -0.2) is 0 Å². The second-order valence-corrected chi connectivity index (χ2v) is 5.41. The van der Waals surface area contributed by atoms with Crippen molar-refractivity contribution in [2.45, 2.75) is 45.3 Å². The molecule has 0 spiro atoms. The molecule has 2 rings (SSSR count). The van der Waals surface area contributed by atoms with Gasteiger partial charge in [-0.05, 0) is 18.1 Å². The number of rotatable bonds is 8. The van der Waals surface area contributed by atoms with E-state index in [1.165, 1.54) is 24.8 Å². The van der Waals surface area contributed by atoms with E-state index in [9.17, 15) is 0 Å². The van der Waals surface area contributed by atoms with Gasteiger partial charge in [0.2, 0.25) is 0 Å². The third-order valence-electron chi connectivity index (χ3n) is 3.67. The van der Waals surface area contributed by atoms with Crippen molar-refractivity contribution in [2.24, 2.45) is 5.73 Å². The molecule has 0 aromatic heterocycles. The zero-order valence-corrected chi connectivity index (χ0v) is 14.0. The van der Waals surface area contributed by atoms with Crippen LogP contribution in [0.2, 0.25) is 0 Å². The van der Waals surface area contributed by atoms with Gasteiger partial charge in [0.15, 0.2) is 0 Å². The van der Waals surface area contributed by atoms with Gasteiger partial charge < -0.3 is 10.5 Å². The van der Waals surface area contributed by atoms with Crippen LogP contribution in [0.15, 0.2) is 54.6 Å². The number of hydrogen-bond donors (Lipinski definition) is 1. The van der Waals surface area contributed by atoms with Crippen molar-refractivity contribution in [1.82, 2.24) is 0 Å². The standard InChI is InChI=1S/C19H25NO.ClH/c1-2-3-5-13-18(20)17-12-8-9-14-19(17)21-15-16-10-6-4-7-11-16;/h4,6-12,14,18H,2-3,5,13,15,20H2,1H3;1H/t18-;/m0./s1. The maximum absolute atomic E-state index is 6.33. The first-order chi connectivity index (χ1) is 10.3. The molecule has 0 heterocycles. The molecule has 2 aromatic rings. The highest BCUT2D eigenvalue weighted by Crippen LogP contribution is 2.27. The first kappa shape index (κ1) is 18.5. The van der Waals surface area contributed by atoms with Crippen molar-refractivity contribution >= 4 is 12.4 Å². The molecule has 0 fully saturated rings. The zero-order valence-electron chi connectivity index (χ0n) is 13.2. The molecule has 0 unspecified atom stereocenters. The third-order valence-corrected chi connectivity index (χ3v) is 3.67. The van der Waals surface area contributed by atoms with E-state index in [4.69, 9.17) is 10.5 Å². The summed E-state index contributed by atoms with van der Waals surface area (Å²) in [5, 5.41) is 0. The van der Waals surface area contributed by atoms with Gasteiger partial charge in [-0.15, -0.1) is 12.4 Å². The van der Waals surface area contributed by atoms with Crippen molar-refractivity contribution in [1.29, 1.82) is 0 Å². The van der Waals surface area contributed by atoms with Crippen LogP contribution in [0.4, 0.5) is 0 Å². The summed E-state index contributed by atoms with van der Waals surface area (Å²) < 4.78 is 5.97. The fraction of sp³-hybridized carbons (Fsp3) is 0.368. The first-order valence-corrected chi connectivity index (χ1v) is 7.82. The average Bonchev–Trinajstić information content (AvgIpc) is 2.54. The smallest absolute Gasteiger partial charge is 0.124 e. The van der Waals surface area contributed by atoms with Gasteiger partial charge in [0.25, 0.3) is 0 Å². The monoisotopic (exact) mass is 319 g/mol. The Hall–Kier alpha value is -1.51. The normalized spacial score (nSPS) is 11.5. The molecular weight excluding hydrogens is 294 g/mol. The Morgan fingerprint density at radius 1 is 0.955 bits per heavy atom. The number of ether oxygens (including phenoxy) is 1. The molecule has 0 aliphatic rings. The van der Waals surface area contributed by atoms with Gasteiger partial charge in [0, 0.05) is 11.6 Å². The Bertz CT molecular complexity index is 530. The van der Waals surface area contributed by atoms with Crippen LogP contribution in [0, 0.1) is 0 Å². The SMILES string of the molecule is CCCCC[C@H](N)c1ccccc1OCc1ccccc1.Cl. The topological polar surface area (TPSA) is 35.2 Å². The number of unbranched alkanes of at least 4 members (excludes halogenated alkanes) is 2. The van der Waals surface area contributed by atoms with Crippen molar-refractivity contribution in [3.8, 4) is 5.75 Å². The lowest BCUT2D eigenvalue weighted by Crippen LogP contribution is -2.12. The lowest BCUT2D eigenvalue weighted by Gasteiger charge is -2.17. The van der Waals surface area contributed by atoms with Gasteiger partial charge >= 0.3 is 0 Å². The lowest BCUT2D eigenvalue weighted by atomic mass is 10.0. The molecule has 22 heavy (non-hydrogen) atoms. The van der Waals surface area contributed by atoms with Gasteiger partial charge in [-0.25, -0.2) is 0 Å². The number of nitrogens with two attached hydrogens (primary N) is 1. The lowest BCUT2D eigenvalue weighted by molar-refractivity contribution is 0.300. The highest BCUT2D eigenvalue weighted by molar-refractivity contribution is 5.85. The summed E-state index contributed by atoms with van der Waals surface area (Å²) in [4.78, 5) is 0. The van der Waals surface area contributed by atoms with Gasteiger partial charge in [0.05, 0.1) is 0 Å². The molecule has 0 saturated carbocycles. The van der Waals surface area contributed by atoms with E-state index in [-0.39, 0.29) is 18.4 Å². The molecule has 0 saturated heterocycles. The Morgan fingerprint density at radius 2 is 1.64 bits per heavy atom. The van der Waals surface area contributed by atoms with Crippen LogP contribution in [0.25, 0.3) is 0 Å². The molecule has 0 radical (unpaired) electrons. The summed E-state index contributed by atoms with van der Waals surface area (Å²) in [5.74, 6) is 0.908. The van der Waals surface area contributed by atoms with E-state index in [1.807, 2.05) is 36.4 Å². The minimum absolute atomic E-state index is 0. The van der Waals surface area contributed by atoms with Gasteiger partial charge in [0.1, 0.15) is 12.4 Å². The van der Waals surface area contributed by atoms with Gasteiger partial charge in [-0.3, -0.25) is 0 Å². The zero-order chi connectivity index (χ0) is 14.9. The Kier molecular flexibility index (Phi) is 8.64. The molecule has 0 aliphatic carbocycles. The van der Waals surface area contributed by atoms with E-state index in [0.29, 0.717) is 6.61 Å². The number of benzene rings is 2. The largest absolute Gasteiger partial charge is 0.489 e. The summed E-state index contributed by atoms with van der Waals surface area (Å²) >= 11 is 0. The molecule has 0 bridgehead atoms. The number of halogens is 1. The quantitative estimate of drug-likeness (QED) is 0.673. The summed E-state index contributed by atoms with van der Waals surface area (Å²) in [6, 6.07) is 18.4. The second kappa shape index (κ2) is 10.3. The van der Waals surface area contributed by atoms with Crippen LogP contribution in [0.3, 0.4) is 0 Å². The second-order valence-electron chi connectivity index (χ2n) is 5.41. The van der Waals surface area contributed by atoms with Crippen LogP contribution in [0.1, 0.15) is 49.8 Å². The number of para-hydroxylation sites is 1. The van der Waals surface area contributed by atoms with Crippen molar-refractivity contribution in [3.63, 3.8) is 0 Å². The highest BCUT2D eigenvalue weighted by Gasteiger charge is 2.11. The van der Waals surface area contributed by atoms with E-state index in [1.54, 1.807) is 0 Å². The Labute approximate surface area is 140 Å². The predicted molar refractivity (Wildman–Crippen MR) is 95.5 cm³/mol. The van der Waals surface area contributed by atoms with Crippen LogP contribution in [0.5, 0.6) is 5.75 Å². The summed E-state index contributed by atoms with van der Waals surface area (Å²) in [7, 11) is 0. The van der Waals surface area contributed by atoms with Crippen LogP contribution >= 0.6 is 12.4 Å². The van der Waals surface area contributed by atoms with Crippen molar-refractivity contribution < 1.29 is 4.74 Å². The van der Waals surface area contributed by atoms with Crippen LogP contribution in [-0.2, 0) is 6.61 Å². The first-order valence-electron chi connectivity index (χ1n) is 7.82. The van der Waals surface area contributed by atoms with Crippen LogP contribution < -0.4 is 10.5 Å². The summed E-state index contributed by atoms with van der Waals surface area (Å²) in [5.41, 5.74) is 8.61. The van der Waals surface area contributed by atoms with E-state index < -0.39 is 0 Å². The highest BCUT2D eigenvalue weighted by atomic mass is 35.5. The van der Waals surface area contributed by atoms with E-state index >= 15 is 0 Å². The summed E-state index contributed by atoms with van der Waals surface area (Å²) in [6.07, 6.45) is 4.64. The fourth-order valence-corrected chi connectivity index (χ4v) is 2.42. The average molecular weight is 320 g/mol. The van der Waals surface area contributed by atoms with E-state index in [2.05, 4.69) is 25.1 Å². The molecular formula is C19H26ClNO. The van der Waals surface area contributed by atoms with Crippen molar-refractivity contribution in [3.05, 3.63) is 65.7 Å². The Balaban J connectivity index is 0.00000242. The molecule has 3 heteroatoms. The summed E-state index contributed by atoms with van der Waals surface area (Å²) in [6.45, 7) is 2.79.